The number of fused-ring (bicyclic) bond motifs is 1. The number of phenolic OH excluding ortho intramolecular Hbond substituents is 3. The highest BCUT2D eigenvalue weighted by molar-refractivity contribution is 6.11. The second kappa shape index (κ2) is 7.01. The van der Waals surface area contributed by atoms with Gasteiger partial charge in [-0.2, -0.15) is 0 Å². The van der Waals surface area contributed by atoms with Crippen LogP contribution in [0.25, 0.3) is 44.4 Å². The molecule has 0 aliphatic carbocycles. The number of nitrogens with one attached hydrogen (secondary N) is 1. The third-order valence-corrected chi connectivity index (χ3v) is 5.25. The molecule has 0 aliphatic heterocycles. The molecule has 0 spiro atoms. The lowest BCUT2D eigenvalue weighted by atomic mass is 9.93. The van der Waals surface area contributed by atoms with Gasteiger partial charge in [0.05, 0.1) is 5.69 Å². The normalized spacial score (nSPS) is 11.1. The van der Waals surface area contributed by atoms with Crippen LogP contribution in [0.5, 0.6) is 17.2 Å². The summed E-state index contributed by atoms with van der Waals surface area (Å²) in [6.45, 7) is 0. The Labute approximate surface area is 173 Å². The van der Waals surface area contributed by atoms with Crippen LogP contribution in [0.4, 0.5) is 0 Å². The van der Waals surface area contributed by atoms with Crippen molar-refractivity contribution in [1.82, 2.24) is 4.98 Å². The van der Waals surface area contributed by atoms with Gasteiger partial charge in [-0.05, 0) is 59.2 Å². The summed E-state index contributed by atoms with van der Waals surface area (Å²) in [5.41, 5.74) is 6.24. The second-order valence-corrected chi connectivity index (χ2v) is 7.25. The minimum absolute atomic E-state index is 0.179. The lowest BCUT2D eigenvalue weighted by Crippen LogP contribution is -1.85. The van der Waals surface area contributed by atoms with Gasteiger partial charge in [-0.15, -0.1) is 0 Å². The monoisotopic (exact) mass is 393 g/mol. The zero-order chi connectivity index (χ0) is 20.7. The molecular weight excluding hydrogens is 374 g/mol. The summed E-state index contributed by atoms with van der Waals surface area (Å²) in [6.07, 6.45) is 0. The van der Waals surface area contributed by atoms with E-state index in [2.05, 4.69) is 4.98 Å². The average Bonchev–Trinajstić information content (AvgIpc) is 3.13. The van der Waals surface area contributed by atoms with E-state index in [1.54, 1.807) is 42.5 Å². The van der Waals surface area contributed by atoms with Gasteiger partial charge in [0.25, 0.3) is 0 Å². The van der Waals surface area contributed by atoms with E-state index in [0.717, 1.165) is 44.4 Å². The number of aromatic amines is 1. The highest BCUT2D eigenvalue weighted by Gasteiger charge is 2.19. The van der Waals surface area contributed by atoms with Gasteiger partial charge in [-0.25, -0.2) is 0 Å². The fraction of sp³-hybridized carbons (Fsp3) is 0. The maximum atomic E-state index is 10.1. The number of rotatable bonds is 3. The Balaban J connectivity index is 1.90. The second-order valence-electron chi connectivity index (χ2n) is 7.25. The lowest BCUT2D eigenvalue weighted by Gasteiger charge is -2.10. The third kappa shape index (κ3) is 3.05. The van der Waals surface area contributed by atoms with Crippen molar-refractivity contribution in [2.45, 2.75) is 0 Å². The molecule has 0 fully saturated rings. The smallest absolute Gasteiger partial charge is 0.116 e. The zero-order valence-electron chi connectivity index (χ0n) is 16.0. The van der Waals surface area contributed by atoms with Crippen LogP contribution < -0.4 is 0 Å². The highest BCUT2D eigenvalue weighted by atomic mass is 16.3. The third-order valence-electron chi connectivity index (χ3n) is 5.25. The molecule has 5 aromatic rings. The first kappa shape index (κ1) is 17.9. The van der Waals surface area contributed by atoms with Crippen LogP contribution in [-0.4, -0.2) is 20.3 Å². The van der Waals surface area contributed by atoms with Crippen molar-refractivity contribution in [2.24, 2.45) is 0 Å². The molecule has 0 unspecified atom stereocenters. The Morgan fingerprint density at radius 1 is 0.533 bits per heavy atom. The molecule has 0 aliphatic rings. The number of aromatic nitrogens is 1. The first-order valence-electron chi connectivity index (χ1n) is 9.63. The van der Waals surface area contributed by atoms with Crippen LogP contribution in [0.1, 0.15) is 0 Å². The summed E-state index contributed by atoms with van der Waals surface area (Å²) in [5, 5.41) is 31.2. The van der Waals surface area contributed by atoms with Crippen LogP contribution >= 0.6 is 0 Å². The number of hydrogen-bond donors (Lipinski definition) is 4. The molecule has 4 heteroatoms. The van der Waals surface area contributed by atoms with Crippen LogP contribution in [-0.2, 0) is 0 Å². The molecule has 0 atom stereocenters. The summed E-state index contributed by atoms with van der Waals surface area (Å²) >= 11 is 0. The maximum absolute atomic E-state index is 10.1. The number of aromatic hydroxyl groups is 3. The first-order chi connectivity index (χ1) is 14.6. The lowest BCUT2D eigenvalue weighted by molar-refractivity contribution is 0.475. The summed E-state index contributed by atoms with van der Waals surface area (Å²) in [4.78, 5) is 3.50. The molecule has 146 valence electrons. The number of benzene rings is 4. The van der Waals surface area contributed by atoms with Gasteiger partial charge in [0.1, 0.15) is 17.2 Å². The average molecular weight is 393 g/mol. The van der Waals surface area contributed by atoms with E-state index in [0.29, 0.717) is 0 Å². The van der Waals surface area contributed by atoms with Crippen LogP contribution in [0, 0.1) is 0 Å². The Bertz CT molecular complexity index is 1380. The molecule has 4 aromatic carbocycles. The van der Waals surface area contributed by atoms with Crippen molar-refractivity contribution in [3.63, 3.8) is 0 Å². The summed E-state index contributed by atoms with van der Waals surface area (Å²) < 4.78 is 0. The number of phenols is 3. The Morgan fingerprint density at radius 2 is 1.07 bits per heavy atom. The molecule has 30 heavy (non-hydrogen) atoms. The molecule has 1 aromatic heterocycles. The van der Waals surface area contributed by atoms with Gasteiger partial charge in [-0.1, -0.05) is 48.5 Å². The van der Waals surface area contributed by atoms with Gasteiger partial charge in [0, 0.05) is 22.0 Å². The highest BCUT2D eigenvalue weighted by Crippen LogP contribution is 2.44. The van der Waals surface area contributed by atoms with E-state index in [9.17, 15) is 15.3 Å². The van der Waals surface area contributed by atoms with Crippen molar-refractivity contribution in [2.75, 3.05) is 0 Å². The fourth-order valence-electron chi connectivity index (χ4n) is 3.99. The van der Waals surface area contributed by atoms with Crippen LogP contribution in [0.2, 0.25) is 0 Å². The predicted molar refractivity (Wildman–Crippen MR) is 120 cm³/mol. The van der Waals surface area contributed by atoms with E-state index in [-0.39, 0.29) is 17.2 Å². The van der Waals surface area contributed by atoms with Crippen LogP contribution in [0.3, 0.4) is 0 Å². The minimum Gasteiger partial charge on any atom is -0.508 e. The summed E-state index contributed by atoms with van der Waals surface area (Å²) in [5.74, 6) is 0.562. The SMILES string of the molecule is Oc1cccc(-c2[nH]c3cccc(-c4cccc(O)c4)c3c2-c2cccc(O)c2)c1. The van der Waals surface area contributed by atoms with E-state index in [1.165, 1.54) is 0 Å². The van der Waals surface area contributed by atoms with Crippen molar-refractivity contribution in [3.05, 3.63) is 91.0 Å². The molecule has 5 rings (SSSR count). The van der Waals surface area contributed by atoms with Crippen molar-refractivity contribution < 1.29 is 15.3 Å². The summed E-state index contributed by atoms with van der Waals surface area (Å²) in [7, 11) is 0. The molecule has 0 amide bonds. The Hall–Kier alpha value is -4.18. The minimum atomic E-state index is 0.179. The Morgan fingerprint density at radius 3 is 1.73 bits per heavy atom. The van der Waals surface area contributed by atoms with Crippen molar-refractivity contribution in [3.8, 4) is 50.8 Å². The van der Waals surface area contributed by atoms with Gasteiger partial charge >= 0.3 is 0 Å². The maximum Gasteiger partial charge on any atom is 0.116 e. The van der Waals surface area contributed by atoms with Crippen molar-refractivity contribution >= 4 is 10.9 Å². The quantitative estimate of drug-likeness (QED) is 0.291. The first-order valence-corrected chi connectivity index (χ1v) is 9.63. The fourth-order valence-corrected chi connectivity index (χ4v) is 3.99. The van der Waals surface area contributed by atoms with E-state index in [4.69, 9.17) is 0 Å². The molecule has 1 heterocycles. The molecular formula is C26H19NO3. The molecule has 4 nitrogen and oxygen atoms in total. The zero-order valence-corrected chi connectivity index (χ0v) is 16.0. The van der Waals surface area contributed by atoms with Crippen LogP contribution in [0.15, 0.2) is 91.0 Å². The van der Waals surface area contributed by atoms with E-state index >= 15 is 0 Å². The topological polar surface area (TPSA) is 76.5 Å². The molecule has 0 bridgehead atoms. The van der Waals surface area contributed by atoms with Gasteiger partial charge in [0.15, 0.2) is 0 Å². The Kier molecular flexibility index (Phi) is 4.18. The number of hydrogen-bond acceptors (Lipinski definition) is 3. The van der Waals surface area contributed by atoms with E-state index in [1.807, 2.05) is 48.5 Å². The van der Waals surface area contributed by atoms with E-state index < -0.39 is 0 Å². The predicted octanol–water partition coefficient (Wildman–Crippen LogP) is 6.29. The van der Waals surface area contributed by atoms with Crippen molar-refractivity contribution in [1.29, 1.82) is 0 Å². The largest absolute Gasteiger partial charge is 0.508 e. The van der Waals surface area contributed by atoms with Gasteiger partial charge in [0.2, 0.25) is 0 Å². The number of H-pyrrole nitrogens is 1. The standard InChI is InChI=1S/C26H19NO3/c28-19-8-1-5-16(13-19)22-11-4-12-23-25(22)24(17-6-2-9-20(29)14-17)26(27-23)18-7-3-10-21(30)15-18/h1-15,27-30H. The molecule has 0 radical (unpaired) electrons. The van der Waals surface area contributed by atoms with Gasteiger partial charge < -0.3 is 20.3 Å². The molecule has 4 N–H and O–H groups in total. The van der Waals surface area contributed by atoms with Gasteiger partial charge in [-0.3, -0.25) is 0 Å². The molecule has 0 saturated heterocycles. The summed E-state index contributed by atoms with van der Waals surface area (Å²) in [6, 6.07) is 27.4. The molecule has 0 saturated carbocycles.